The fourth-order valence-corrected chi connectivity index (χ4v) is 4.82. The molecule has 0 spiro atoms. The van der Waals surface area contributed by atoms with E-state index in [2.05, 4.69) is 4.74 Å². The molecule has 0 fully saturated rings. The van der Waals surface area contributed by atoms with Crippen molar-refractivity contribution < 1.29 is 19.1 Å². The molecule has 0 aliphatic heterocycles. The molecular weight excluding hydrogens is 413 g/mol. The summed E-state index contributed by atoms with van der Waals surface area (Å²) in [6.45, 7) is 5.60. The zero-order valence-electron chi connectivity index (χ0n) is 15.2. The van der Waals surface area contributed by atoms with Gasteiger partial charge < -0.3 is 0 Å². The number of benzene rings is 2. The fourth-order valence-electron chi connectivity index (χ4n) is 2.04. The average Bonchev–Trinajstić information content (AvgIpc) is 2.56. The zero-order chi connectivity index (χ0) is 19.3. The molecule has 0 aliphatic rings. The number of carbonyl (C=O) groups excluding carboxylic acids is 2. The minimum atomic E-state index is -0.989. The third-order valence-electron chi connectivity index (χ3n) is 3.16. The first-order valence-electron chi connectivity index (χ1n) is 7.94. The summed E-state index contributed by atoms with van der Waals surface area (Å²) in [4.78, 5) is 25.3. The molecule has 0 saturated heterocycles. The summed E-state index contributed by atoms with van der Waals surface area (Å²) >= 11 is 0.511. The summed E-state index contributed by atoms with van der Waals surface area (Å²) < 4.78 is 11.0. The first-order valence-corrected chi connectivity index (χ1v) is 10.8. The Hall–Kier alpha value is -1.91. The number of ether oxygens (including phenoxy) is 2. The first-order chi connectivity index (χ1) is 12.2. The molecule has 0 radical (unpaired) electrons. The Labute approximate surface area is 164 Å². The second kappa shape index (κ2) is 8.65. The topological polar surface area (TPSA) is 78.6 Å². The Morgan fingerprint density at radius 1 is 1.08 bits per heavy atom. The van der Waals surface area contributed by atoms with Crippen LogP contribution in [0.5, 0.6) is 0 Å². The van der Waals surface area contributed by atoms with Gasteiger partial charge in [0.2, 0.25) is 0 Å². The summed E-state index contributed by atoms with van der Waals surface area (Å²) in [6, 6.07) is 12.9. The van der Waals surface area contributed by atoms with E-state index in [0.717, 1.165) is 14.1 Å². The van der Waals surface area contributed by atoms with E-state index in [-0.39, 0.29) is 4.76 Å². The maximum absolute atomic E-state index is 11.9. The van der Waals surface area contributed by atoms with Crippen molar-refractivity contribution in [3.05, 3.63) is 48.0 Å². The van der Waals surface area contributed by atoms with Crippen LogP contribution in [-0.4, -0.2) is 39.2 Å². The molecule has 138 valence electrons. The number of hydrogen-bond acceptors (Lipinski definition) is 6. The van der Waals surface area contributed by atoms with Gasteiger partial charge >= 0.3 is 164 Å². The maximum atomic E-state index is 11.9. The fraction of sp³-hybridized carbons (Fsp3) is 0.263. The number of nitrogen functional groups attached to an aromatic ring is 1. The van der Waals surface area contributed by atoms with Crippen molar-refractivity contribution in [1.82, 2.24) is 0 Å². The molecule has 5 nitrogen and oxygen atoms in total. The Bertz CT molecular complexity index is 800. The van der Waals surface area contributed by atoms with Crippen molar-refractivity contribution in [2.24, 2.45) is 0 Å². The van der Waals surface area contributed by atoms with Crippen molar-refractivity contribution in [2.45, 2.75) is 36.2 Å². The number of methoxy groups -OCH3 is 1. The van der Waals surface area contributed by atoms with E-state index in [4.69, 9.17) is 10.5 Å². The first kappa shape index (κ1) is 20.4. The number of anilines is 1. The van der Waals surface area contributed by atoms with E-state index in [1.807, 2.05) is 45.0 Å². The van der Waals surface area contributed by atoms with Gasteiger partial charge in [-0.1, -0.05) is 0 Å². The minimum absolute atomic E-state index is 0.124. The van der Waals surface area contributed by atoms with E-state index in [9.17, 15) is 9.59 Å². The van der Waals surface area contributed by atoms with Crippen molar-refractivity contribution in [1.29, 1.82) is 0 Å². The predicted octanol–water partition coefficient (Wildman–Crippen LogP) is 3.20. The third-order valence-corrected chi connectivity index (χ3v) is 6.21. The molecule has 0 aromatic heterocycles. The monoisotopic (exact) mass is 435 g/mol. The standard InChI is InChI=1S/C19H22AsNO4S/c1-19(2,3)25-18(23)20-13-6-8-14(9-7-13)26-16-10-5-12(11-15(16)21)17(22)24-4/h5-11,20H,21H2,1-4H3. The Morgan fingerprint density at radius 3 is 2.27 bits per heavy atom. The molecular formula is C19H22AsNO4S. The molecule has 26 heavy (non-hydrogen) atoms. The molecule has 2 rings (SSSR count). The van der Waals surface area contributed by atoms with Gasteiger partial charge in [-0.3, -0.25) is 0 Å². The van der Waals surface area contributed by atoms with Gasteiger partial charge in [0.1, 0.15) is 0 Å². The van der Waals surface area contributed by atoms with Crippen molar-refractivity contribution in [3.63, 3.8) is 0 Å². The molecule has 0 saturated carbocycles. The molecule has 2 aromatic rings. The van der Waals surface area contributed by atoms with Crippen molar-refractivity contribution in [2.75, 3.05) is 12.8 Å². The molecule has 0 heterocycles. The molecule has 2 N–H and O–H groups in total. The molecule has 7 heteroatoms. The van der Waals surface area contributed by atoms with Crippen LogP contribution in [0.4, 0.5) is 10.5 Å². The molecule has 2 aromatic carbocycles. The average molecular weight is 435 g/mol. The number of hydrogen-bond donors (Lipinski definition) is 1. The number of nitrogens with two attached hydrogens (primary N) is 1. The van der Waals surface area contributed by atoms with E-state index in [1.165, 1.54) is 18.9 Å². The van der Waals surface area contributed by atoms with Gasteiger partial charge in [0, 0.05) is 0 Å². The van der Waals surface area contributed by atoms with Crippen LogP contribution in [0.3, 0.4) is 0 Å². The molecule has 0 amide bonds. The Balaban J connectivity index is 2.03. The summed E-state index contributed by atoms with van der Waals surface area (Å²) in [6.07, 6.45) is 0. The number of esters is 1. The van der Waals surface area contributed by atoms with Crippen LogP contribution in [0.25, 0.3) is 0 Å². The van der Waals surface area contributed by atoms with E-state index in [0.29, 0.717) is 11.3 Å². The van der Waals surface area contributed by atoms with Crippen LogP contribution in [0.1, 0.15) is 31.1 Å². The van der Waals surface area contributed by atoms with Gasteiger partial charge in [0.15, 0.2) is 0 Å². The predicted molar refractivity (Wildman–Crippen MR) is 106 cm³/mol. The van der Waals surface area contributed by atoms with E-state index in [1.54, 1.807) is 18.2 Å². The number of carbonyl (C=O) groups is 2. The van der Waals surface area contributed by atoms with Crippen LogP contribution in [0.15, 0.2) is 52.3 Å². The van der Waals surface area contributed by atoms with Crippen LogP contribution in [0.2, 0.25) is 0 Å². The summed E-state index contributed by atoms with van der Waals surface area (Å²) in [5.74, 6) is -0.413. The normalized spacial score (nSPS) is 11.5. The van der Waals surface area contributed by atoms with Crippen LogP contribution in [-0.2, 0) is 9.47 Å². The Morgan fingerprint density at radius 2 is 1.73 bits per heavy atom. The van der Waals surface area contributed by atoms with Gasteiger partial charge in [-0.05, 0) is 0 Å². The SMILES string of the molecule is COC(=O)c1ccc(Sc2ccc([AsH]C(=O)OC(C)(C)C)cc2)c(N)c1. The third kappa shape index (κ3) is 6.11. The van der Waals surface area contributed by atoms with Crippen molar-refractivity contribution >= 4 is 48.3 Å². The van der Waals surface area contributed by atoms with Gasteiger partial charge in [0.25, 0.3) is 0 Å². The molecule has 1 atom stereocenters. The Kier molecular flexibility index (Phi) is 6.79. The summed E-state index contributed by atoms with van der Waals surface area (Å²) in [5, 5.41) is 0. The second-order valence-corrected chi connectivity index (χ2v) is 10.2. The second-order valence-electron chi connectivity index (χ2n) is 6.50. The van der Waals surface area contributed by atoms with Gasteiger partial charge in [-0.2, -0.15) is 0 Å². The van der Waals surface area contributed by atoms with Crippen LogP contribution in [0, 0.1) is 0 Å². The summed E-state index contributed by atoms with van der Waals surface area (Å²) in [5.41, 5.74) is 6.52. The molecule has 0 aliphatic carbocycles. The van der Waals surface area contributed by atoms with Crippen LogP contribution < -0.4 is 10.1 Å². The quantitative estimate of drug-likeness (QED) is 0.442. The molecule has 1 unspecified atom stereocenters. The number of rotatable bonds is 5. The zero-order valence-corrected chi connectivity index (χ0v) is 18.1. The van der Waals surface area contributed by atoms with Gasteiger partial charge in [0.05, 0.1) is 0 Å². The van der Waals surface area contributed by atoms with E-state index >= 15 is 0 Å². The summed E-state index contributed by atoms with van der Waals surface area (Å²) in [7, 11) is 1.34. The van der Waals surface area contributed by atoms with Gasteiger partial charge in [-0.15, -0.1) is 0 Å². The molecule has 0 bridgehead atoms. The van der Waals surface area contributed by atoms with Crippen LogP contribution >= 0.6 is 11.8 Å². The van der Waals surface area contributed by atoms with Crippen molar-refractivity contribution in [3.8, 4) is 0 Å². The van der Waals surface area contributed by atoms with E-state index < -0.39 is 27.3 Å². The van der Waals surface area contributed by atoms with Gasteiger partial charge in [-0.25, -0.2) is 0 Å².